The van der Waals surface area contributed by atoms with Crippen LogP contribution in [0.3, 0.4) is 0 Å². The van der Waals surface area contributed by atoms with Crippen LogP contribution < -0.4 is 14.2 Å². The SMILES string of the molecule is COc1cccc(OC)c1-n1c(NS(=O)(=O)[C@@H](C)[C@H](OC)c2ncc(-c3cccnc3)cn2)nnc1-c1cncc(C)c1. The highest BCUT2D eigenvalue weighted by Crippen LogP contribution is 2.38. The maximum Gasteiger partial charge on any atom is 0.243 e. The lowest BCUT2D eigenvalue weighted by molar-refractivity contribution is 0.0950. The minimum atomic E-state index is -4.17. The van der Waals surface area contributed by atoms with E-state index in [0.29, 0.717) is 28.6 Å². The van der Waals surface area contributed by atoms with E-state index < -0.39 is 21.4 Å². The number of benzene rings is 1. The lowest BCUT2D eigenvalue weighted by atomic mass is 10.1. The molecule has 0 aliphatic heterocycles. The number of aromatic nitrogens is 7. The summed E-state index contributed by atoms with van der Waals surface area (Å²) < 4.78 is 48.7. The molecule has 4 heterocycles. The third-order valence-corrected chi connectivity index (χ3v) is 8.44. The molecule has 43 heavy (non-hydrogen) atoms. The van der Waals surface area contributed by atoms with Gasteiger partial charge in [-0.2, -0.15) is 0 Å². The van der Waals surface area contributed by atoms with Gasteiger partial charge in [0.1, 0.15) is 28.5 Å². The van der Waals surface area contributed by atoms with E-state index in [9.17, 15) is 8.42 Å². The fourth-order valence-electron chi connectivity index (χ4n) is 4.54. The van der Waals surface area contributed by atoms with Crippen LogP contribution in [0.25, 0.3) is 28.2 Å². The second kappa shape index (κ2) is 12.5. The van der Waals surface area contributed by atoms with Gasteiger partial charge in [-0.05, 0) is 43.7 Å². The van der Waals surface area contributed by atoms with Crippen molar-refractivity contribution in [2.45, 2.75) is 25.2 Å². The van der Waals surface area contributed by atoms with Crippen molar-refractivity contribution < 1.29 is 22.6 Å². The number of nitrogens with zero attached hydrogens (tertiary/aromatic N) is 7. The van der Waals surface area contributed by atoms with Gasteiger partial charge in [0, 0.05) is 61.0 Å². The van der Waals surface area contributed by atoms with Crippen molar-refractivity contribution in [2.24, 2.45) is 0 Å². The van der Waals surface area contributed by atoms with Crippen molar-refractivity contribution in [3.63, 3.8) is 0 Å². The number of aryl methyl sites for hydroxylation is 1. The maximum atomic E-state index is 13.8. The molecule has 4 aromatic heterocycles. The van der Waals surface area contributed by atoms with Crippen LogP contribution in [-0.4, -0.2) is 69.7 Å². The lowest BCUT2D eigenvalue weighted by Gasteiger charge is -2.23. The Morgan fingerprint density at radius 2 is 1.53 bits per heavy atom. The van der Waals surface area contributed by atoms with Crippen LogP contribution in [0.4, 0.5) is 5.95 Å². The molecule has 0 saturated carbocycles. The van der Waals surface area contributed by atoms with E-state index in [1.54, 1.807) is 55.4 Å². The summed E-state index contributed by atoms with van der Waals surface area (Å²) in [4.78, 5) is 17.2. The summed E-state index contributed by atoms with van der Waals surface area (Å²) in [7, 11) is 0.246. The number of hydrogen-bond acceptors (Lipinski definition) is 11. The number of methoxy groups -OCH3 is 3. The first-order valence-corrected chi connectivity index (χ1v) is 14.7. The van der Waals surface area contributed by atoms with Gasteiger partial charge in [0.2, 0.25) is 16.0 Å². The van der Waals surface area contributed by atoms with Gasteiger partial charge in [0.25, 0.3) is 0 Å². The van der Waals surface area contributed by atoms with Crippen LogP contribution >= 0.6 is 0 Å². The number of sulfonamides is 1. The summed E-state index contributed by atoms with van der Waals surface area (Å²) in [5, 5.41) is 7.42. The van der Waals surface area contributed by atoms with Gasteiger partial charge in [-0.25, -0.2) is 18.4 Å². The van der Waals surface area contributed by atoms with E-state index in [0.717, 1.165) is 16.7 Å². The molecular weight excluding hydrogens is 572 g/mol. The Kier molecular flexibility index (Phi) is 8.59. The highest BCUT2D eigenvalue weighted by molar-refractivity contribution is 7.93. The van der Waals surface area contributed by atoms with Crippen molar-refractivity contribution in [1.29, 1.82) is 0 Å². The zero-order chi connectivity index (χ0) is 30.6. The number of anilines is 1. The Morgan fingerprint density at radius 3 is 2.14 bits per heavy atom. The number of nitrogens with one attached hydrogen (secondary N) is 1. The Hall–Kier alpha value is -4.95. The first-order valence-electron chi connectivity index (χ1n) is 13.1. The molecular formula is C29H30N8O5S. The number of rotatable bonds is 11. The van der Waals surface area contributed by atoms with Crippen LogP contribution in [0.5, 0.6) is 11.5 Å². The molecule has 5 aromatic rings. The number of ether oxygens (including phenoxy) is 3. The van der Waals surface area contributed by atoms with Crippen molar-refractivity contribution in [2.75, 3.05) is 26.1 Å². The molecule has 0 aliphatic rings. The average Bonchev–Trinajstić information content (AvgIpc) is 3.43. The summed E-state index contributed by atoms with van der Waals surface area (Å²) in [6, 6.07) is 10.8. The van der Waals surface area contributed by atoms with Gasteiger partial charge in [-0.3, -0.25) is 19.3 Å². The fraction of sp³-hybridized carbons (Fsp3) is 0.241. The minimum Gasteiger partial charge on any atom is -0.494 e. The van der Waals surface area contributed by atoms with E-state index in [1.807, 2.05) is 25.1 Å². The molecule has 1 N–H and O–H groups in total. The zero-order valence-electron chi connectivity index (χ0n) is 24.2. The second-order valence-electron chi connectivity index (χ2n) is 9.52. The number of hydrogen-bond donors (Lipinski definition) is 1. The van der Waals surface area contributed by atoms with Crippen LogP contribution in [0, 0.1) is 6.92 Å². The second-order valence-corrected chi connectivity index (χ2v) is 11.6. The van der Waals surface area contributed by atoms with Crippen LogP contribution in [-0.2, 0) is 14.8 Å². The molecule has 5 rings (SSSR count). The fourth-order valence-corrected chi connectivity index (χ4v) is 5.67. The molecule has 0 bridgehead atoms. The lowest BCUT2D eigenvalue weighted by Crippen LogP contribution is -2.33. The number of para-hydroxylation sites is 1. The molecule has 222 valence electrons. The molecule has 0 aliphatic carbocycles. The van der Waals surface area contributed by atoms with E-state index in [2.05, 4.69) is 34.9 Å². The summed E-state index contributed by atoms with van der Waals surface area (Å²) in [6.07, 6.45) is 8.88. The van der Waals surface area contributed by atoms with Gasteiger partial charge >= 0.3 is 0 Å². The van der Waals surface area contributed by atoms with Gasteiger partial charge < -0.3 is 14.2 Å². The molecule has 0 amide bonds. The van der Waals surface area contributed by atoms with Gasteiger partial charge in [-0.15, -0.1) is 10.2 Å². The standard InChI is InChI=1S/C29H30N8O5S/c1-18-12-21(15-31-13-18)28-34-35-29(37(28)25-23(40-3)9-6-10-24(25)41-4)36-43(38,39)19(2)26(42-5)27-32-16-22(17-33-27)20-8-7-11-30-14-20/h6-17,19,26H,1-5H3,(H,35,36)/t19-,26-/m0/s1. The van der Waals surface area contributed by atoms with E-state index in [4.69, 9.17) is 14.2 Å². The first-order chi connectivity index (χ1) is 20.8. The predicted octanol–water partition coefficient (Wildman–Crippen LogP) is 4.02. The Bertz CT molecular complexity index is 1790. The summed E-state index contributed by atoms with van der Waals surface area (Å²) in [5.74, 6) is 1.25. The largest absolute Gasteiger partial charge is 0.494 e. The Balaban J connectivity index is 1.54. The molecule has 0 radical (unpaired) electrons. The summed E-state index contributed by atoms with van der Waals surface area (Å²) in [5.41, 5.74) is 3.45. The molecule has 0 spiro atoms. The first kappa shape index (κ1) is 29.5. The van der Waals surface area contributed by atoms with Gasteiger partial charge in [0.05, 0.1) is 14.2 Å². The van der Waals surface area contributed by atoms with Crippen LogP contribution in [0.1, 0.15) is 24.4 Å². The maximum absolute atomic E-state index is 13.8. The van der Waals surface area contributed by atoms with E-state index in [1.165, 1.54) is 32.8 Å². The molecule has 2 atom stereocenters. The Labute approximate surface area is 249 Å². The number of pyridine rings is 2. The Morgan fingerprint density at radius 1 is 0.837 bits per heavy atom. The highest BCUT2D eigenvalue weighted by atomic mass is 32.2. The quantitative estimate of drug-likeness (QED) is 0.233. The monoisotopic (exact) mass is 602 g/mol. The van der Waals surface area contributed by atoms with Crippen molar-refractivity contribution in [3.8, 4) is 39.7 Å². The van der Waals surface area contributed by atoms with Crippen molar-refractivity contribution in [3.05, 3.63) is 85.0 Å². The third-order valence-electron chi connectivity index (χ3n) is 6.75. The molecule has 14 heteroatoms. The highest BCUT2D eigenvalue weighted by Gasteiger charge is 2.35. The predicted molar refractivity (Wildman–Crippen MR) is 159 cm³/mol. The van der Waals surface area contributed by atoms with Crippen molar-refractivity contribution in [1.82, 2.24) is 34.7 Å². The molecule has 0 fully saturated rings. The smallest absolute Gasteiger partial charge is 0.243 e. The third kappa shape index (κ3) is 6.01. The zero-order valence-corrected chi connectivity index (χ0v) is 25.0. The topological polar surface area (TPSA) is 156 Å². The molecule has 1 aromatic carbocycles. The minimum absolute atomic E-state index is 0.0890. The molecule has 0 unspecified atom stereocenters. The van der Waals surface area contributed by atoms with Gasteiger partial charge in [0.15, 0.2) is 11.6 Å². The summed E-state index contributed by atoms with van der Waals surface area (Å²) in [6.45, 7) is 3.40. The normalized spacial score (nSPS) is 12.9. The molecule has 13 nitrogen and oxygen atoms in total. The average molecular weight is 603 g/mol. The molecule has 0 saturated heterocycles. The van der Waals surface area contributed by atoms with Crippen molar-refractivity contribution >= 4 is 16.0 Å². The van der Waals surface area contributed by atoms with E-state index in [-0.39, 0.29) is 11.8 Å². The van der Waals surface area contributed by atoms with Crippen LogP contribution in [0.2, 0.25) is 0 Å². The van der Waals surface area contributed by atoms with Crippen LogP contribution in [0.15, 0.2) is 73.6 Å². The van der Waals surface area contributed by atoms with Gasteiger partial charge in [-0.1, -0.05) is 12.1 Å². The summed E-state index contributed by atoms with van der Waals surface area (Å²) >= 11 is 0. The van der Waals surface area contributed by atoms with E-state index >= 15 is 0 Å².